The molecule has 0 spiro atoms. The molecule has 1 N–H and O–H groups in total. The topological polar surface area (TPSA) is 88.4 Å². The molecule has 8 nitrogen and oxygen atoms in total. The summed E-state index contributed by atoms with van der Waals surface area (Å²) in [5.74, 6) is 0. The van der Waals surface area contributed by atoms with Gasteiger partial charge in [0.15, 0.2) is 0 Å². The van der Waals surface area contributed by atoms with Crippen LogP contribution in [0.4, 0.5) is 0 Å². The maximum absolute atomic E-state index is 12.8. The van der Waals surface area contributed by atoms with Gasteiger partial charge in [0.1, 0.15) is 0 Å². The van der Waals surface area contributed by atoms with Gasteiger partial charge in [-0.25, -0.2) is 16.8 Å². The number of benzene rings is 1. The van der Waals surface area contributed by atoms with Crippen LogP contribution in [0.2, 0.25) is 0 Å². The van der Waals surface area contributed by atoms with Crippen LogP contribution in [0.5, 0.6) is 0 Å². The zero-order valence-corrected chi connectivity index (χ0v) is 15.9. The van der Waals surface area contributed by atoms with Gasteiger partial charge in [0.05, 0.1) is 56.2 Å². The average Bonchev–Trinajstić information content (AvgIpc) is 2.63. The molecule has 140 valence electrons. The third kappa shape index (κ3) is 3.88. The number of rotatable bonds is 4. The van der Waals surface area contributed by atoms with E-state index in [9.17, 15) is 16.8 Å². The number of hydrogen-bond acceptors (Lipinski definition) is 5. The molecule has 25 heavy (non-hydrogen) atoms. The Morgan fingerprint density at radius 1 is 0.880 bits per heavy atom. The van der Waals surface area contributed by atoms with Gasteiger partial charge in [0.25, 0.3) is 0 Å². The maximum Gasteiger partial charge on any atom is 0.243 e. The summed E-state index contributed by atoms with van der Waals surface area (Å²) in [5.41, 5.74) is 0. The van der Waals surface area contributed by atoms with Crippen LogP contribution >= 0.6 is 0 Å². The van der Waals surface area contributed by atoms with E-state index in [1.807, 2.05) is 7.05 Å². The zero-order chi connectivity index (χ0) is 18.1. The first-order valence-corrected chi connectivity index (χ1v) is 11.2. The lowest BCUT2D eigenvalue weighted by Crippen LogP contribution is -3.12. The summed E-state index contributed by atoms with van der Waals surface area (Å²) in [4.78, 5) is 1.33. The zero-order valence-electron chi connectivity index (χ0n) is 14.2. The number of piperazine rings is 1. The van der Waals surface area contributed by atoms with Crippen molar-refractivity contribution < 1.29 is 26.5 Å². The Kier molecular flexibility index (Phi) is 5.47. The maximum atomic E-state index is 12.8. The van der Waals surface area contributed by atoms with Crippen LogP contribution < -0.4 is 4.90 Å². The molecule has 0 aliphatic carbocycles. The van der Waals surface area contributed by atoms with Crippen molar-refractivity contribution in [1.29, 1.82) is 0 Å². The predicted molar refractivity (Wildman–Crippen MR) is 91.4 cm³/mol. The Morgan fingerprint density at radius 3 is 1.88 bits per heavy atom. The number of nitrogens with one attached hydrogen (secondary N) is 1. The van der Waals surface area contributed by atoms with Gasteiger partial charge < -0.3 is 9.64 Å². The highest BCUT2D eigenvalue weighted by atomic mass is 32.2. The Bertz CT molecular complexity index is 811. The molecule has 0 saturated carbocycles. The summed E-state index contributed by atoms with van der Waals surface area (Å²) >= 11 is 0. The van der Waals surface area contributed by atoms with Crippen LogP contribution in [0.25, 0.3) is 0 Å². The first-order chi connectivity index (χ1) is 11.8. The molecule has 0 bridgehead atoms. The normalized spacial score (nSPS) is 22.1. The minimum Gasteiger partial charge on any atom is -0.379 e. The van der Waals surface area contributed by atoms with E-state index in [0.717, 1.165) is 13.1 Å². The second-order valence-corrected chi connectivity index (χ2v) is 10.2. The van der Waals surface area contributed by atoms with E-state index < -0.39 is 20.0 Å². The fourth-order valence-corrected chi connectivity index (χ4v) is 6.01. The summed E-state index contributed by atoms with van der Waals surface area (Å²) in [6, 6.07) is 5.66. The summed E-state index contributed by atoms with van der Waals surface area (Å²) < 4.78 is 59.1. The van der Waals surface area contributed by atoms with Crippen LogP contribution in [0.15, 0.2) is 34.1 Å². The Labute approximate surface area is 149 Å². The van der Waals surface area contributed by atoms with E-state index in [2.05, 4.69) is 0 Å². The lowest BCUT2D eigenvalue weighted by atomic mass is 10.4. The molecule has 3 rings (SSSR count). The van der Waals surface area contributed by atoms with E-state index >= 15 is 0 Å². The molecule has 0 radical (unpaired) electrons. The minimum absolute atomic E-state index is 0.00947. The van der Waals surface area contributed by atoms with E-state index in [1.54, 1.807) is 0 Å². The highest BCUT2D eigenvalue weighted by Gasteiger charge is 2.31. The molecule has 10 heteroatoms. The van der Waals surface area contributed by atoms with Crippen LogP contribution in [0, 0.1) is 0 Å². The lowest BCUT2D eigenvalue weighted by Gasteiger charge is -2.29. The molecule has 2 saturated heterocycles. The van der Waals surface area contributed by atoms with Crippen molar-refractivity contribution in [2.45, 2.75) is 9.79 Å². The number of likely N-dealkylation sites (N-methyl/N-ethyl adjacent to an activating group) is 1. The van der Waals surface area contributed by atoms with Gasteiger partial charge in [-0.3, -0.25) is 0 Å². The van der Waals surface area contributed by atoms with E-state index in [1.165, 1.54) is 37.8 Å². The Morgan fingerprint density at radius 2 is 1.36 bits per heavy atom. The monoisotopic (exact) mass is 390 g/mol. The molecular formula is C15H24N3O5S2+. The van der Waals surface area contributed by atoms with Crippen molar-refractivity contribution in [2.24, 2.45) is 0 Å². The third-order valence-corrected chi connectivity index (χ3v) is 8.42. The first-order valence-electron chi connectivity index (χ1n) is 8.31. The summed E-state index contributed by atoms with van der Waals surface area (Å²) in [5, 5.41) is 0. The average molecular weight is 391 g/mol. The molecular weight excluding hydrogens is 366 g/mol. The highest BCUT2D eigenvalue weighted by molar-refractivity contribution is 7.90. The largest absolute Gasteiger partial charge is 0.379 e. The number of hydrogen-bond donors (Lipinski definition) is 1. The first kappa shape index (κ1) is 18.7. The molecule has 2 heterocycles. The SMILES string of the molecule is C[NH+]1CCN(S(=O)(=O)c2cccc(S(=O)(=O)N3CCOCC3)c2)CC1. The Hall–Kier alpha value is -1.04. The molecule has 0 unspecified atom stereocenters. The van der Waals surface area contributed by atoms with Crippen LogP contribution in [0.3, 0.4) is 0 Å². The van der Waals surface area contributed by atoms with Gasteiger partial charge in [0.2, 0.25) is 20.0 Å². The summed E-state index contributed by atoms with van der Waals surface area (Å²) in [6.45, 7) is 3.61. The van der Waals surface area contributed by atoms with Gasteiger partial charge in [-0.1, -0.05) is 6.07 Å². The predicted octanol–water partition coefficient (Wildman–Crippen LogP) is -1.77. The van der Waals surface area contributed by atoms with Crippen molar-refractivity contribution in [3.05, 3.63) is 24.3 Å². The molecule has 0 amide bonds. The van der Waals surface area contributed by atoms with Gasteiger partial charge in [0, 0.05) is 13.1 Å². The molecule has 0 aromatic heterocycles. The van der Waals surface area contributed by atoms with E-state index in [0.29, 0.717) is 26.3 Å². The van der Waals surface area contributed by atoms with Crippen molar-refractivity contribution >= 4 is 20.0 Å². The number of ether oxygens (including phenoxy) is 1. The van der Waals surface area contributed by atoms with Crippen molar-refractivity contribution in [3.63, 3.8) is 0 Å². The van der Waals surface area contributed by atoms with Crippen LogP contribution in [-0.2, 0) is 24.8 Å². The van der Waals surface area contributed by atoms with Crippen LogP contribution in [-0.4, -0.2) is 85.0 Å². The summed E-state index contributed by atoms with van der Waals surface area (Å²) in [6.07, 6.45) is 0. The second kappa shape index (κ2) is 7.29. The smallest absolute Gasteiger partial charge is 0.243 e. The standard InChI is InChI=1S/C15H23N3O5S2/c1-16-5-7-17(8-6-16)24(19,20)14-3-2-4-15(13-14)25(21,22)18-9-11-23-12-10-18/h2-4,13H,5-12H2,1H3/p+1. The number of quaternary nitrogens is 1. The molecule has 2 fully saturated rings. The quantitative estimate of drug-likeness (QED) is 0.657. The van der Waals surface area contributed by atoms with Crippen molar-refractivity contribution in [1.82, 2.24) is 8.61 Å². The van der Waals surface area contributed by atoms with Gasteiger partial charge >= 0.3 is 0 Å². The Balaban J connectivity index is 1.88. The molecule has 1 aromatic rings. The van der Waals surface area contributed by atoms with E-state index in [-0.39, 0.29) is 22.9 Å². The van der Waals surface area contributed by atoms with E-state index in [4.69, 9.17) is 4.74 Å². The van der Waals surface area contributed by atoms with Gasteiger partial charge in [-0.15, -0.1) is 0 Å². The fourth-order valence-electron chi connectivity index (χ4n) is 2.99. The van der Waals surface area contributed by atoms with Crippen LogP contribution in [0.1, 0.15) is 0 Å². The highest BCUT2D eigenvalue weighted by Crippen LogP contribution is 2.22. The molecule has 2 aliphatic rings. The fraction of sp³-hybridized carbons (Fsp3) is 0.600. The van der Waals surface area contributed by atoms with Crippen molar-refractivity contribution in [3.8, 4) is 0 Å². The lowest BCUT2D eigenvalue weighted by molar-refractivity contribution is -0.883. The number of sulfonamides is 2. The summed E-state index contributed by atoms with van der Waals surface area (Å²) in [7, 11) is -5.38. The minimum atomic E-state index is -3.72. The third-order valence-electron chi connectivity index (χ3n) is 4.63. The van der Waals surface area contributed by atoms with Crippen molar-refractivity contribution in [2.75, 3.05) is 59.5 Å². The molecule has 1 aromatic carbocycles. The van der Waals surface area contributed by atoms with Gasteiger partial charge in [-0.2, -0.15) is 8.61 Å². The van der Waals surface area contributed by atoms with Gasteiger partial charge in [-0.05, 0) is 18.2 Å². The number of nitrogens with zero attached hydrogens (tertiary/aromatic N) is 2. The number of morpholine rings is 1. The molecule has 0 atom stereocenters. The second-order valence-electron chi connectivity index (χ2n) is 6.35. The molecule has 2 aliphatic heterocycles.